The van der Waals surface area contributed by atoms with Crippen LogP contribution in [0.5, 0.6) is 11.6 Å². The first-order valence-corrected chi connectivity index (χ1v) is 10.9. The molecule has 3 heterocycles. The van der Waals surface area contributed by atoms with Crippen molar-refractivity contribution in [3.8, 4) is 11.6 Å². The second-order valence-corrected chi connectivity index (χ2v) is 7.92. The summed E-state index contributed by atoms with van der Waals surface area (Å²) in [5.74, 6) is 2.45. The zero-order valence-corrected chi connectivity index (χ0v) is 18.3. The van der Waals surface area contributed by atoms with E-state index in [2.05, 4.69) is 32.4 Å². The maximum absolute atomic E-state index is 6.01. The van der Waals surface area contributed by atoms with Gasteiger partial charge in [0.15, 0.2) is 5.11 Å². The van der Waals surface area contributed by atoms with Gasteiger partial charge < -0.3 is 20.3 Å². The van der Waals surface area contributed by atoms with Crippen LogP contribution in [0.4, 0.5) is 11.8 Å². The van der Waals surface area contributed by atoms with Crippen molar-refractivity contribution in [3.63, 3.8) is 0 Å². The number of hydrogen-bond acceptors (Lipinski definition) is 6. The zero-order valence-electron chi connectivity index (χ0n) is 17.5. The SMILES string of the molecule is C[C@H]1CCCCN1c1cc(Oc2ccccc2)nc(NC(=S)NCc2cccnc2)n1. The van der Waals surface area contributed by atoms with Gasteiger partial charge in [0.2, 0.25) is 11.8 Å². The number of para-hydroxylation sites is 1. The van der Waals surface area contributed by atoms with Gasteiger partial charge in [0.1, 0.15) is 11.6 Å². The van der Waals surface area contributed by atoms with E-state index in [1.807, 2.05) is 48.5 Å². The van der Waals surface area contributed by atoms with Gasteiger partial charge in [-0.3, -0.25) is 4.98 Å². The number of pyridine rings is 1. The monoisotopic (exact) mass is 434 g/mol. The van der Waals surface area contributed by atoms with Crippen LogP contribution in [0.25, 0.3) is 0 Å². The second kappa shape index (κ2) is 10.2. The van der Waals surface area contributed by atoms with Gasteiger partial charge in [-0.2, -0.15) is 9.97 Å². The van der Waals surface area contributed by atoms with E-state index in [4.69, 9.17) is 21.9 Å². The maximum Gasteiger partial charge on any atom is 0.234 e. The van der Waals surface area contributed by atoms with Crippen molar-refractivity contribution < 1.29 is 4.74 Å². The minimum atomic E-state index is 0.407. The average molecular weight is 435 g/mol. The number of ether oxygens (including phenoxy) is 1. The van der Waals surface area contributed by atoms with Crippen molar-refractivity contribution in [2.24, 2.45) is 0 Å². The van der Waals surface area contributed by atoms with Crippen molar-refractivity contribution in [2.75, 3.05) is 16.8 Å². The Morgan fingerprint density at radius 2 is 2.03 bits per heavy atom. The molecule has 4 rings (SSSR count). The van der Waals surface area contributed by atoms with Crippen molar-refractivity contribution in [1.82, 2.24) is 20.3 Å². The quantitative estimate of drug-likeness (QED) is 0.548. The molecule has 0 bridgehead atoms. The van der Waals surface area contributed by atoms with Crippen molar-refractivity contribution >= 4 is 29.1 Å². The maximum atomic E-state index is 6.01. The number of aromatic nitrogens is 3. The highest BCUT2D eigenvalue weighted by Gasteiger charge is 2.21. The van der Waals surface area contributed by atoms with Crippen LogP contribution in [0, 0.1) is 0 Å². The molecule has 1 atom stereocenters. The van der Waals surface area contributed by atoms with E-state index >= 15 is 0 Å². The minimum absolute atomic E-state index is 0.407. The van der Waals surface area contributed by atoms with E-state index in [1.54, 1.807) is 12.4 Å². The van der Waals surface area contributed by atoms with Gasteiger partial charge >= 0.3 is 0 Å². The molecule has 1 saturated heterocycles. The number of hydrogen-bond donors (Lipinski definition) is 2. The lowest BCUT2D eigenvalue weighted by atomic mass is 10.0. The van der Waals surface area contributed by atoms with Crippen LogP contribution in [-0.4, -0.2) is 32.7 Å². The molecule has 8 heteroatoms. The summed E-state index contributed by atoms with van der Waals surface area (Å²) in [4.78, 5) is 15.7. The molecule has 1 aromatic carbocycles. The molecular formula is C23H26N6OS. The third kappa shape index (κ3) is 5.88. The van der Waals surface area contributed by atoms with E-state index < -0.39 is 0 Å². The average Bonchev–Trinajstić information content (AvgIpc) is 2.79. The summed E-state index contributed by atoms with van der Waals surface area (Å²) in [6, 6.07) is 15.8. The Labute approximate surface area is 187 Å². The second-order valence-electron chi connectivity index (χ2n) is 7.51. The van der Waals surface area contributed by atoms with Crippen LogP contribution in [0.3, 0.4) is 0 Å². The van der Waals surface area contributed by atoms with Crippen LogP contribution in [0.1, 0.15) is 31.7 Å². The molecule has 0 saturated carbocycles. The largest absolute Gasteiger partial charge is 0.439 e. The molecule has 2 aromatic heterocycles. The van der Waals surface area contributed by atoms with Gasteiger partial charge in [0, 0.05) is 37.6 Å². The Morgan fingerprint density at radius 3 is 2.81 bits per heavy atom. The summed E-state index contributed by atoms with van der Waals surface area (Å²) in [6.07, 6.45) is 7.08. The predicted octanol–water partition coefficient (Wildman–Crippen LogP) is 4.53. The molecule has 0 spiro atoms. The van der Waals surface area contributed by atoms with Gasteiger partial charge in [0.05, 0.1) is 0 Å². The summed E-state index contributed by atoms with van der Waals surface area (Å²) in [7, 11) is 0. The fourth-order valence-electron chi connectivity index (χ4n) is 3.55. The highest BCUT2D eigenvalue weighted by molar-refractivity contribution is 7.80. The lowest BCUT2D eigenvalue weighted by molar-refractivity contribution is 0.457. The fourth-order valence-corrected chi connectivity index (χ4v) is 3.71. The number of benzene rings is 1. The molecule has 1 aliphatic heterocycles. The van der Waals surface area contributed by atoms with Gasteiger partial charge in [-0.1, -0.05) is 24.3 Å². The van der Waals surface area contributed by atoms with Gasteiger partial charge in [-0.05, 0) is 62.2 Å². The number of piperidine rings is 1. The van der Waals surface area contributed by atoms with E-state index in [0.717, 1.165) is 36.5 Å². The molecule has 2 N–H and O–H groups in total. The summed E-state index contributed by atoms with van der Waals surface area (Å²) in [5, 5.41) is 6.72. The van der Waals surface area contributed by atoms with Crippen LogP contribution < -0.4 is 20.3 Å². The molecule has 1 aliphatic rings. The number of anilines is 2. The Morgan fingerprint density at radius 1 is 1.16 bits per heavy atom. The molecule has 31 heavy (non-hydrogen) atoms. The first kappa shape index (κ1) is 21.0. The molecule has 0 aliphatic carbocycles. The summed E-state index contributed by atoms with van der Waals surface area (Å²) < 4.78 is 6.01. The van der Waals surface area contributed by atoms with Crippen LogP contribution in [0.2, 0.25) is 0 Å². The van der Waals surface area contributed by atoms with Crippen LogP contribution >= 0.6 is 12.2 Å². The number of nitrogens with zero attached hydrogens (tertiary/aromatic N) is 4. The zero-order chi connectivity index (χ0) is 21.5. The predicted molar refractivity (Wildman–Crippen MR) is 127 cm³/mol. The van der Waals surface area contributed by atoms with Crippen LogP contribution in [-0.2, 0) is 6.54 Å². The topological polar surface area (TPSA) is 75.2 Å². The van der Waals surface area contributed by atoms with E-state index in [1.165, 1.54) is 6.42 Å². The summed E-state index contributed by atoms with van der Waals surface area (Å²) in [6.45, 7) is 3.76. The summed E-state index contributed by atoms with van der Waals surface area (Å²) in [5.41, 5.74) is 1.04. The summed E-state index contributed by atoms with van der Waals surface area (Å²) >= 11 is 5.45. The standard InChI is InChI=1S/C23H26N6OS/c1-17-8-5-6-13-29(17)20-14-21(30-19-10-3-2-4-11-19)27-22(26-20)28-23(31)25-16-18-9-7-12-24-15-18/h2-4,7,9-12,14-15,17H,5-6,8,13,16H2,1H3,(H2,25,26,27,28,31)/t17-/m0/s1. The third-order valence-corrected chi connectivity index (χ3v) is 5.40. The highest BCUT2D eigenvalue weighted by Crippen LogP contribution is 2.28. The van der Waals surface area contributed by atoms with Crippen LogP contribution in [0.15, 0.2) is 60.9 Å². The molecule has 7 nitrogen and oxygen atoms in total. The molecule has 0 amide bonds. The first-order valence-electron chi connectivity index (χ1n) is 10.5. The number of rotatable bonds is 6. The van der Waals surface area contributed by atoms with E-state index in [9.17, 15) is 0 Å². The third-order valence-electron chi connectivity index (χ3n) is 5.15. The number of nitrogens with one attached hydrogen (secondary N) is 2. The van der Waals surface area contributed by atoms with Gasteiger partial charge in [-0.25, -0.2) is 0 Å². The Hall–Kier alpha value is -3.26. The van der Waals surface area contributed by atoms with Gasteiger partial charge in [-0.15, -0.1) is 0 Å². The molecule has 3 aromatic rings. The smallest absolute Gasteiger partial charge is 0.234 e. The highest BCUT2D eigenvalue weighted by atomic mass is 32.1. The molecule has 0 radical (unpaired) electrons. The molecule has 0 unspecified atom stereocenters. The van der Waals surface area contributed by atoms with Crippen molar-refractivity contribution in [1.29, 1.82) is 0 Å². The van der Waals surface area contributed by atoms with Crippen molar-refractivity contribution in [2.45, 2.75) is 38.8 Å². The Bertz CT molecular complexity index is 1000. The molecule has 1 fully saturated rings. The Balaban J connectivity index is 1.52. The number of thiocarbonyl (C=S) groups is 1. The van der Waals surface area contributed by atoms with E-state index in [0.29, 0.717) is 29.5 Å². The lowest BCUT2D eigenvalue weighted by Gasteiger charge is -2.34. The molecule has 160 valence electrons. The minimum Gasteiger partial charge on any atom is -0.439 e. The first-order chi connectivity index (χ1) is 15.2. The van der Waals surface area contributed by atoms with Crippen molar-refractivity contribution in [3.05, 3.63) is 66.5 Å². The normalized spacial score (nSPS) is 15.9. The fraction of sp³-hybridized carbons (Fsp3) is 0.304. The lowest BCUT2D eigenvalue weighted by Crippen LogP contribution is -2.38. The van der Waals surface area contributed by atoms with Gasteiger partial charge in [0.25, 0.3) is 0 Å². The molecular weight excluding hydrogens is 408 g/mol. The van der Waals surface area contributed by atoms with E-state index in [-0.39, 0.29) is 0 Å². The Kier molecular flexibility index (Phi) is 6.89.